The average Bonchev–Trinajstić information content (AvgIpc) is 3.77. The predicted octanol–water partition coefficient (Wildman–Crippen LogP) is 0.340. The van der Waals surface area contributed by atoms with Crippen molar-refractivity contribution < 1.29 is 48.9 Å². The summed E-state index contributed by atoms with van der Waals surface area (Å²) in [5, 5.41) is 48.4. The largest absolute Gasteiger partial charge is 0.394 e. The van der Waals surface area contributed by atoms with Gasteiger partial charge in [-0.25, -0.2) is 4.98 Å². The summed E-state index contributed by atoms with van der Waals surface area (Å²) in [4.78, 5) is 97.8. The molecule has 1 aromatic rings. The van der Waals surface area contributed by atoms with Crippen LogP contribution in [0, 0.1) is 0 Å². The number of nitrogens with zero attached hydrogens (tertiary/aromatic N) is 1. The molecule has 1 aromatic heterocycles. The molecule has 0 aliphatic rings. The van der Waals surface area contributed by atoms with Crippen molar-refractivity contribution in [2.75, 3.05) is 20.2 Å². The average molecular weight is 895 g/mol. The van der Waals surface area contributed by atoms with E-state index in [1.165, 1.54) is 84.3 Å². The van der Waals surface area contributed by atoms with Gasteiger partial charge >= 0.3 is 0 Å². The second-order valence-corrected chi connectivity index (χ2v) is 16.2. The SMILES string of the molecule is CCCCCCCCCCCCCCCC(=O)NCC(=O)N[C@H](C(=O)N[C@@H](CCC(N)=O)C(=O)N[C@@H](Cc1cnc[nH]1)C(=O)N[C@@H](CO)C(=O)N[C@@H](CCCC)C(O)NC)[C@H](C)O. The zero-order valence-corrected chi connectivity index (χ0v) is 38.0. The monoisotopic (exact) mass is 895 g/mol. The lowest BCUT2D eigenvalue weighted by molar-refractivity contribution is -0.136. The predicted molar refractivity (Wildman–Crippen MR) is 237 cm³/mol. The number of H-pyrrole nitrogens is 1. The van der Waals surface area contributed by atoms with Gasteiger partial charge in [0.25, 0.3) is 0 Å². The zero-order valence-electron chi connectivity index (χ0n) is 38.0. The summed E-state index contributed by atoms with van der Waals surface area (Å²) >= 11 is 0. The fourth-order valence-corrected chi connectivity index (χ4v) is 6.80. The van der Waals surface area contributed by atoms with Crippen LogP contribution < -0.4 is 43.0 Å². The molecule has 0 aliphatic heterocycles. The van der Waals surface area contributed by atoms with Crippen LogP contribution in [0.2, 0.25) is 0 Å². The van der Waals surface area contributed by atoms with E-state index in [0.29, 0.717) is 25.0 Å². The summed E-state index contributed by atoms with van der Waals surface area (Å²) in [6.45, 7) is 4.10. The first kappa shape index (κ1) is 56.4. The lowest BCUT2D eigenvalue weighted by Crippen LogP contribution is -2.61. The number of amides is 7. The van der Waals surface area contributed by atoms with Crippen LogP contribution in [0.1, 0.15) is 148 Å². The van der Waals surface area contributed by atoms with E-state index in [-0.39, 0.29) is 31.6 Å². The molecule has 0 radical (unpaired) electrons. The van der Waals surface area contributed by atoms with Gasteiger partial charge in [0.15, 0.2) is 0 Å². The van der Waals surface area contributed by atoms with Crippen molar-refractivity contribution in [2.45, 2.75) is 192 Å². The van der Waals surface area contributed by atoms with E-state index in [1.807, 2.05) is 6.92 Å². The zero-order chi connectivity index (χ0) is 47.0. The molecule has 1 rings (SSSR count). The molecule has 13 N–H and O–H groups in total. The first-order chi connectivity index (χ1) is 30.2. The number of aliphatic hydroxyl groups excluding tert-OH is 3. The summed E-state index contributed by atoms with van der Waals surface area (Å²) in [7, 11) is 1.51. The number of nitrogens with two attached hydrogens (primary N) is 1. The van der Waals surface area contributed by atoms with Gasteiger partial charge in [0, 0.05) is 31.2 Å². The number of likely N-dealkylation sites (N-methyl/N-ethyl adjacent to an activating group) is 1. The fourth-order valence-electron chi connectivity index (χ4n) is 6.80. The number of imidazole rings is 1. The Bertz CT molecular complexity index is 1480. The number of unbranched alkanes of at least 4 members (excludes halogenated alkanes) is 13. The Morgan fingerprint density at radius 1 is 0.667 bits per heavy atom. The standard InChI is InChI=1S/C43H78N10O10/c1-5-7-9-10-11-12-13-14-15-16-17-18-19-21-36(57)47-26-37(58)53-38(29(3)55)43(63)50-32(22-23-35(44)56)40(60)51-33(24-30-25-46-28-48-30)41(61)52-34(27-54)42(62)49-31(20-8-6-2)39(59)45-4/h25,28-29,31-34,38-39,45,54-55,59H,5-24,26-27H2,1-4H3,(H2,44,56)(H,46,48)(H,47,57)(H,49,62)(H,50,63)(H,51,60)(H,52,61)(H,53,58)/t29-,31-,32-,33-,34-,38-,39?/m0/s1. The van der Waals surface area contributed by atoms with Crippen LogP contribution in [0.4, 0.5) is 0 Å². The summed E-state index contributed by atoms with van der Waals surface area (Å²) in [5.41, 5.74) is 5.74. The molecule has 1 unspecified atom stereocenters. The minimum Gasteiger partial charge on any atom is -0.394 e. The number of primary amides is 1. The topological polar surface area (TPSA) is 319 Å². The number of nitrogens with one attached hydrogen (secondary N) is 8. The van der Waals surface area contributed by atoms with Gasteiger partial charge in [0.2, 0.25) is 41.4 Å². The molecular formula is C43H78N10O10. The Morgan fingerprint density at radius 2 is 1.21 bits per heavy atom. The normalized spacial score (nSPS) is 14.5. The quantitative estimate of drug-likeness (QED) is 0.0318. The van der Waals surface area contributed by atoms with E-state index >= 15 is 0 Å². The third-order valence-electron chi connectivity index (χ3n) is 10.6. The molecule has 20 heteroatoms. The van der Waals surface area contributed by atoms with E-state index in [0.717, 1.165) is 25.7 Å². The molecule has 20 nitrogen and oxygen atoms in total. The van der Waals surface area contributed by atoms with E-state index < -0.39 is 91.1 Å². The smallest absolute Gasteiger partial charge is 0.245 e. The highest BCUT2D eigenvalue weighted by atomic mass is 16.3. The van der Waals surface area contributed by atoms with Crippen LogP contribution in [0.15, 0.2) is 12.5 Å². The molecule has 360 valence electrons. The molecular weight excluding hydrogens is 817 g/mol. The number of rotatable bonds is 37. The first-order valence-electron chi connectivity index (χ1n) is 22.8. The number of hydrogen-bond acceptors (Lipinski definition) is 12. The van der Waals surface area contributed by atoms with Crippen molar-refractivity contribution in [1.29, 1.82) is 0 Å². The maximum atomic E-state index is 13.8. The number of aromatic nitrogens is 2. The highest BCUT2D eigenvalue weighted by molar-refractivity contribution is 5.96. The Morgan fingerprint density at radius 3 is 1.73 bits per heavy atom. The minimum absolute atomic E-state index is 0.192. The van der Waals surface area contributed by atoms with Crippen LogP contribution in [-0.2, 0) is 40.0 Å². The number of hydrogen-bond donors (Lipinski definition) is 12. The maximum Gasteiger partial charge on any atom is 0.245 e. The Hall–Kier alpha value is -4.66. The number of carbonyl (C=O) groups is 7. The molecule has 0 spiro atoms. The van der Waals surface area contributed by atoms with E-state index in [1.54, 1.807) is 0 Å². The Labute approximate surface area is 372 Å². The Balaban J connectivity index is 2.86. The van der Waals surface area contributed by atoms with Gasteiger partial charge in [-0.2, -0.15) is 0 Å². The summed E-state index contributed by atoms with van der Waals surface area (Å²) in [5.74, 6) is -5.57. The van der Waals surface area contributed by atoms with Crippen molar-refractivity contribution in [3.63, 3.8) is 0 Å². The fraction of sp³-hybridized carbons (Fsp3) is 0.767. The molecule has 0 saturated carbocycles. The minimum atomic E-state index is -1.59. The summed E-state index contributed by atoms with van der Waals surface area (Å²) in [6.07, 6.45) is 16.5. The highest BCUT2D eigenvalue weighted by Crippen LogP contribution is 2.13. The van der Waals surface area contributed by atoms with Crippen LogP contribution in [0.25, 0.3) is 0 Å². The number of aromatic amines is 1. The molecule has 7 atom stereocenters. The molecule has 1 heterocycles. The van der Waals surface area contributed by atoms with Crippen molar-refractivity contribution in [3.8, 4) is 0 Å². The summed E-state index contributed by atoms with van der Waals surface area (Å²) in [6, 6.07) is -6.76. The second kappa shape index (κ2) is 33.8. The van der Waals surface area contributed by atoms with Crippen LogP contribution in [0.3, 0.4) is 0 Å². The van der Waals surface area contributed by atoms with Gasteiger partial charge in [-0.05, 0) is 33.2 Å². The molecule has 0 aromatic carbocycles. The van der Waals surface area contributed by atoms with Crippen LogP contribution in [-0.4, -0.2) is 129 Å². The van der Waals surface area contributed by atoms with Gasteiger partial charge < -0.3 is 57.9 Å². The molecule has 0 bridgehead atoms. The molecule has 0 saturated heterocycles. The number of carbonyl (C=O) groups excluding carboxylic acids is 7. The van der Waals surface area contributed by atoms with Crippen molar-refractivity contribution in [2.24, 2.45) is 5.73 Å². The molecule has 0 fully saturated rings. The third kappa shape index (κ3) is 25.3. The first-order valence-corrected chi connectivity index (χ1v) is 22.8. The van der Waals surface area contributed by atoms with Gasteiger partial charge in [-0.15, -0.1) is 0 Å². The van der Waals surface area contributed by atoms with Crippen molar-refractivity contribution in [1.82, 2.24) is 47.2 Å². The van der Waals surface area contributed by atoms with Gasteiger partial charge in [-0.1, -0.05) is 104 Å². The second-order valence-electron chi connectivity index (χ2n) is 16.2. The van der Waals surface area contributed by atoms with Crippen LogP contribution in [0.5, 0.6) is 0 Å². The summed E-state index contributed by atoms with van der Waals surface area (Å²) < 4.78 is 0. The number of aliphatic hydroxyl groups is 3. The van der Waals surface area contributed by atoms with E-state index in [2.05, 4.69) is 54.1 Å². The van der Waals surface area contributed by atoms with E-state index in [9.17, 15) is 48.9 Å². The third-order valence-corrected chi connectivity index (χ3v) is 10.6. The molecule has 63 heavy (non-hydrogen) atoms. The van der Waals surface area contributed by atoms with Crippen molar-refractivity contribution >= 4 is 41.4 Å². The maximum absolute atomic E-state index is 13.8. The van der Waals surface area contributed by atoms with E-state index in [4.69, 9.17) is 5.73 Å². The Kier molecular flexibility index (Phi) is 30.3. The lowest BCUT2D eigenvalue weighted by Gasteiger charge is -2.28. The molecule has 7 amide bonds. The molecule has 0 aliphatic carbocycles. The lowest BCUT2D eigenvalue weighted by atomic mass is 10.0. The van der Waals surface area contributed by atoms with Gasteiger partial charge in [0.1, 0.15) is 30.4 Å². The van der Waals surface area contributed by atoms with Crippen molar-refractivity contribution in [3.05, 3.63) is 18.2 Å². The highest BCUT2D eigenvalue weighted by Gasteiger charge is 2.34. The van der Waals surface area contributed by atoms with Gasteiger partial charge in [0.05, 0.1) is 31.6 Å². The van der Waals surface area contributed by atoms with Gasteiger partial charge in [-0.3, -0.25) is 38.9 Å². The van der Waals surface area contributed by atoms with Crippen LogP contribution >= 0.6 is 0 Å².